The van der Waals surface area contributed by atoms with Crippen LogP contribution >= 0.6 is 11.6 Å². The van der Waals surface area contributed by atoms with E-state index in [0.717, 1.165) is 19.3 Å². The van der Waals surface area contributed by atoms with Gasteiger partial charge in [-0.15, -0.1) is 23.9 Å². The Hall–Kier alpha value is -0.150. The molecule has 0 aromatic rings. The first kappa shape index (κ1) is 9.85. The molecule has 0 saturated carbocycles. The molecule has 0 fully saturated rings. The molecule has 0 saturated heterocycles. The van der Waals surface area contributed by atoms with E-state index in [0.29, 0.717) is 5.92 Å². The second-order valence-corrected chi connectivity index (χ2v) is 3.61. The Morgan fingerprint density at radius 3 is 2.50 bits per heavy atom. The monoisotopic (exact) mass is 158 g/mol. The van der Waals surface area contributed by atoms with E-state index in [9.17, 15) is 0 Å². The third-order valence-corrected chi connectivity index (χ3v) is 1.69. The predicted molar refractivity (Wildman–Crippen MR) is 47.2 cm³/mol. The molecule has 2 unspecified atom stereocenters. The SMILES string of the molecule is C#CCCC(C)CC(C)Cl. The van der Waals surface area contributed by atoms with Crippen LogP contribution in [0.1, 0.15) is 33.1 Å². The number of alkyl halides is 1. The maximum absolute atomic E-state index is 5.80. The van der Waals surface area contributed by atoms with Crippen molar-refractivity contribution in [3.8, 4) is 12.3 Å². The zero-order chi connectivity index (χ0) is 7.98. The van der Waals surface area contributed by atoms with Crippen LogP contribution in [0.5, 0.6) is 0 Å². The summed E-state index contributed by atoms with van der Waals surface area (Å²) in [5, 5.41) is 0.285. The van der Waals surface area contributed by atoms with E-state index >= 15 is 0 Å². The number of terminal acetylenes is 1. The summed E-state index contributed by atoms with van der Waals surface area (Å²) in [5.74, 6) is 3.30. The lowest BCUT2D eigenvalue weighted by atomic mass is 10.0. The van der Waals surface area contributed by atoms with Gasteiger partial charge in [-0.25, -0.2) is 0 Å². The Kier molecular flexibility index (Phi) is 5.54. The van der Waals surface area contributed by atoms with Gasteiger partial charge in [-0.2, -0.15) is 0 Å². The molecule has 0 heterocycles. The smallest absolute Gasteiger partial charge is 0.0310 e. The fraction of sp³-hybridized carbons (Fsp3) is 0.778. The number of hydrogen-bond donors (Lipinski definition) is 0. The topological polar surface area (TPSA) is 0 Å². The van der Waals surface area contributed by atoms with Gasteiger partial charge in [0, 0.05) is 11.8 Å². The van der Waals surface area contributed by atoms with E-state index < -0.39 is 0 Å². The fourth-order valence-electron chi connectivity index (χ4n) is 1.00. The predicted octanol–water partition coefficient (Wildman–Crippen LogP) is 3.05. The standard InChI is InChI=1S/C9H15Cl/c1-4-5-6-8(2)7-9(3)10/h1,8-9H,5-7H2,2-3H3. The highest BCUT2D eigenvalue weighted by atomic mass is 35.5. The van der Waals surface area contributed by atoms with Gasteiger partial charge >= 0.3 is 0 Å². The molecule has 2 atom stereocenters. The molecule has 0 spiro atoms. The third kappa shape index (κ3) is 5.98. The molecule has 0 radical (unpaired) electrons. The highest BCUT2D eigenvalue weighted by molar-refractivity contribution is 6.20. The van der Waals surface area contributed by atoms with Gasteiger partial charge < -0.3 is 0 Å². The van der Waals surface area contributed by atoms with Crippen molar-refractivity contribution in [2.45, 2.75) is 38.5 Å². The number of halogens is 1. The molecule has 10 heavy (non-hydrogen) atoms. The lowest BCUT2D eigenvalue weighted by Gasteiger charge is -2.09. The minimum Gasteiger partial charge on any atom is -0.123 e. The lowest BCUT2D eigenvalue weighted by molar-refractivity contribution is 0.497. The van der Waals surface area contributed by atoms with Crippen LogP contribution < -0.4 is 0 Å². The molecule has 0 bridgehead atoms. The summed E-state index contributed by atoms with van der Waals surface area (Å²) >= 11 is 5.80. The molecule has 1 heteroatoms. The minimum atomic E-state index is 0.285. The van der Waals surface area contributed by atoms with Gasteiger partial charge in [0.1, 0.15) is 0 Å². The molecule has 0 aliphatic carbocycles. The largest absolute Gasteiger partial charge is 0.123 e. The average molecular weight is 159 g/mol. The molecule has 0 aromatic heterocycles. The van der Waals surface area contributed by atoms with Gasteiger partial charge in [-0.3, -0.25) is 0 Å². The second kappa shape index (κ2) is 5.62. The van der Waals surface area contributed by atoms with Gasteiger partial charge in [0.2, 0.25) is 0 Å². The Morgan fingerprint density at radius 1 is 1.50 bits per heavy atom. The van der Waals surface area contributed by atoms with Gasteiger partial charge in [-0.1, -0.05) is 6.92 Å². The van der Waals surface area contributed by atoms with E-state index in [1.807, 2.05) is 6.92 Å². The summed E-state index contributed by atoms with van der Waals surface area (Å²) in [6.07, 6.45) is 8.18. The molecule has 0 amide bonds. The van der Waals surface area contributed by atoms with Crippen molar-refractivity contribution in [3.05, 3.63) is 0 Å². The zero-order valence-electron chi connectivity index (χ0n) is 6.73. The highest BCUT2D eigenvalue weighted by Crippen LogP contribution is 2.15. The summed E-state index contributed by atoms with van der Waals surface area (Å²) in [6, 6.07) is 0. The second-order valence-electron chi connectivity index (χ2n) is 2.86. The molecule has 0 N–H and O–H groups in total. The fourth-order valence-corrected chi connectivity index (χ4v) is 1.31. The lowest BCUT2D eigenvalue weighted by Crippen LogP contribution is -2.01. The zero-order valence-corrected chi connectivity index (χ0v) is 7.49. The van der Waals surface area contributed by atoms with Crippen molar-refractivity contribution in [2.75, 3.05) is 0 Å². The van der Waals surface area contributed by atoms with Crippen molar-refractivity contribution in [1.82, 2.24) is 0 Å². The van der Waals surface area contributed by atoms with Gasteiger partial charge in [0.25, 0.3) is 0 Å². The van der Waals surface area contributed by atoms with E-state index in [1.54, 1.807) is 0 Å². The molecule has 0 nitrogen and oxygen atoms in total. The Bertz CT molecular complexity index is 110. The van der Waals surface area contributed by atoms with Gasteiger partial charge in [0.05, 0.1) is 0 Å². The molecule has 0 aliphatic rings. The van der Waals surface area contributed by atoms with Crippen LogP contribution in [-0.4, -0.2) is 5.38 Å². The quantitative estimate of drug-likeness (QED) is 0.436. The van der Waals surface area contributed by atoms with Crippen LogP contribution in [-0.2, 0) is 0 Å². The summed E-state index contributed by atoms with van der Waals surface area (Å²) in [5.41, 5.74) is 0. The molecular formula is C9H15Cl. The van der Waals surface area contributed by atoms with Crippen molar-refractivity contribution >= 4 is 11.6 Å². The van der Waals surface area contributed by atoms with Crippen molar-refractivity contribution in [3.63, 3.8) is 0 Å². The summed E-state index contributed by atoms with van der Waals surface area (Å²) in [6.45, 7) is 4.21. The molecule has 58 valence electrons. The average Bonchev–Trinajstić information content (AvgIpc) is 1.82. The Balaban J connectivity index is 3.27. The summed E-state index contributed by atoms with van der Waals surface area (Å²) in [4.78, 5) is 0. The normalized spacial score (nSPS) is 15.8. The molecule has 0 aliphatic heterocycles. The maximum Gasteiger partial charge on any atom is 0.0310 e. The maximum atomic E-state index is 5.80. The van der Waals surface area contributed by atoms with Crippen molar-refractivity contribution in [2.24, 2.45) is 5.92 Å². The van der Waals surface area contributed by atoms with Gasteiger partial charge in [0.15, 0.2) is 0 Å². The van der Waals surface area contributed by atoms with Crippen LogP contribution in [0, 0.1) is 18.3 Å². The van der Waals surface area contributed by atoms with E-state index in [1.165, 1.54) is 0 Å². The van der Waals surface area contributed by atoms with E-state index in [2.05, 4.69) is 12.8 Å². The van der Waals surface area contributed by atoms with E-state index in [-0.39, 0.29) is 5.38 Å². The third-order valence-electron chi connectivity index (χ3n) is 1.51. The number of hydrogen-bond acceptors (Lipinski definition) is 0. The minimum absolute atomic E-state index is 0.285. The summed E-state index contributed by atoms with van der Waals surface area (Å²) in [7, 11) is 0. The van der Waals surface area contributed by atoms with Gasteiger partial charge in [-0.05, 0) is 25.7 Å². The Labute approximate surface area is 69.0 Å². The Morgan fingerprint density at radius 2 is 2.10 bits per heavy atom. The molecular weight excluding hydrogens is 144 g/mol. The first-order chi connectivity index (χ1) is 4.66. The first-order valence-electron chi connectivity index (χ1n) is 3.74. The van der Waals surface area contributed by atoms with Crippen LogP contribution in [0.25, 0.3) is 0 Å². The number of rotatable bonds is 4. The highest BCUT2D eigenvalue weighted by Gasteiger charge is 2.04. The van der Waals surface area contributed by atoms with Crippen LogP contribution in [0.3, 0.4) is 0 Å². The summed E-state index contributed by atoms with van der Waals surface area (Å²) < 4.78 is 0. The van der Waals surface area contributed by atoms with Crippen LogP contribution in [0.4, 0.5) is 0 Å². The van der Waals surface area contributed by atoms with E-state index in [4.69, 9.17) is 18.0 Å². The van der Waals surface area contributed by atoms with Crippen molar-refractivity contribution in [1.29, 1.82) is 0 Å². The van der Waals surface area contributed by atoms with Crippen LogP contribution in [0.15, 0.2) is 0 Å². The molecule has 0 aromatic carbocycles. The molecule has 0 rings (SSSR count). The first-order valence-corrected chi connectivity index (χ1v) is 4.18. The van der Waals surface area contributed by atoms with Crippen molar-refractivity contribution < 1.29 is 0 Å². The van der Waals surface area contributed by atoms with Crippen LogP contribution in [0.2, 0.25) is 0 Å².